The summed E-state index contributed by atoms with van der Waals surface area (Å²) < 4.78 is 0. The van der Waals surface area contributed by atoms with Crippen molar-refractivity contribution in [3.63, 3.8) is 0 Å². The molecule has 0 spiro atoms. The van der Waals surface area contributed by atoms with E-state index < -0.39 is 0 Å². The normalized spacial score (nSPS) is 15.7. The Hall–Kier alpha value is -2.04. The van der Waals surface area contributed by atoms with Crippen LogP contribution >= 0.6 is 0 Å². The Kier molecular flexibility index (Phi) is 4.04. The molecule has 5 heteroatoms. The van der Waals surface area contributed by atoms with Gasteiger partial charge in [-0.2, -0.15) is 0 Å². The van der Waals surface area contributed by atoms with Gasteiger partial charge < -0.3 is 15.1 Å². The first-order valence-electron chi connectivity index (χ1n) is 6.41. The third-order valence-corrected chi connectivity index (χ3v) is 3.16. The van der Waals surface area contributed by atoms with E-state index in [1.165, 1.54) is 0 Å². The van der Waals surface area contributed by atoms with Crippen LogP contribution in [0.15, 0.2) is 24.3 Å². The molecule has 0 saturated carbocycles. The lowest BCUT2D eigenvalue weighted by Gasteiger charge is -2.20. The second kappa shape index (κ2) is 5.73. The molecular formula is C14H19N3O2. The maximum Gasteiger partial charge on any atom is 0.254 e. The third-order valence-electron chi connectivity index (χ3n) is 3.16. The number of amides is 2. The fourth-order valence-electron chi connectivity index (χ4n) is 2.08. The van der Waals surface area contributed by atoms with E-state index in [1.54, 1.807) is 11.0 Å². The molecule has 1 fully saturated rings. The Balaban J connectivity index is 2.18. The molecule has 0 bridgehead atoms. The van der Waals surface area contributed by atoms with Gasteiger partial charge >= 0.3 is 0 Å². The number of rotatable bonds is 2. The molecule has 1 aromatic rings. The van der Waals surface area contributed by atoms with Gasteiger partial charge in [0.15, 0.2) is 0 Å². The van der Waals surface area contributed by atoms with Gasteiger partial charge in [0.25, 0.3) is 5.91 Å². The summed E-state index contributed by atoms with van der Waals surface area (Å²) in [7, 11) is 3.87. The van der Waals surface area contributed by atoms with E-state index in [0.717, 1.165) is 12.1 Å². The molecule has 1 aliphatic rings. The molecule has 0 atom stereocenters. The molecule has 102 valence electrons. The maximum absolute atomic E-state index is 12.4. The minimum absolute atomic E-state index is 0.0826. The van der Waals surface area contributed by atoms with Crippen LogP contribution in [-0.4, -0.2) is 50.4 Å². The summed E-state index contributed by atoms with van der Waals surface area (Å²) >= 11 is 0. The average molecular weight is 261 g/mol. The highest BCUT2D eigenvalue weighted by molar-refractivity contribution is 5.97. The van der Waals surface area contributed by atoms with Crippen LogP contribution in [0.25, 0.3) is 0 Å². The molecule has 0 radical (unpaired) electrons. The summed E-state index contributed by atoms with van der Waals surface area (Å²) in [5.41, 5.74) is 1.60. The van der Waals surface area contributed by atoms with Crippen LogP contribution in [-0.2, 0) is 4.79 Å². The molecule has 0 aromatic heterocycles. The second-order valence-electron chi connectivity index (χ2n) is 4.87. The van der Waals surface area contributed by atoms with Gasteiger partial charge in [-0.25, -0.2) is 0 Å². The average Bonchev–Trinajstić information content (AvgIpc) is 2.62. The van der Waals surface area contributed by atoms with Gasteiger partial charge in [0.1, 0.15) is 0 Å². The van der Waals surface area contributed by atoms with Crippen LogP contribution in [0.5, 0.6) is 0 Å². The van der Waals surface area contributed by atoms with Crippen molar-refractivity contribution >= 4 is 17.5 Å². The fraction of sp³-hybridized carbons (Fsp3) is 0.429. The molecule has 1 N–H and O–H groups in total. The number of benzene rings is 1. The number of carbonyl (C=O) groups excluding carboxylic acids is 2. The van der Waals surface area contributed by atoms with E-state index in [-0.39, 0.29) is 18.4 Å². The molecule has 0 unspecified atom stereocenters. The Morgan fingerprint density at radius 3 is 2.89 bits per heavy atom. The molecule has 2 amide bonds. The van der Waals surface area contributed by atoms with E-state index in [1.807, 2.05) is 37.2 Å². The Morgan fingerprint density at radius 1 is 1.37 bits per heavy atom. The Morgan fingerprint density at radius 2 is 2.16 bits per heavy atom. The minimum atomic E-state index is -0.0883. The summed E-state index contributed by atoms with van der Waals surface area (Å²) in [5.74, 6) is -0.171. The van der Waals surface area contributed by atoms with Gasteiger partial charge in [0.05, 0.1) is 6.54 Å². The van der Waals surface area contributed by atoms with Gasteiger partial charge in [-0.3, -0.25) is 9.59 Å². The van der Waals surface area contributed by atoms with Crippen molar-refractivity contribution in [1.29, 1.82) is 0 Å². The van der Waals surface area contributed by atoms with Crippen molar-refractivity contribution in [3.05, 3.63) is 29.8 Å². The first kappa shape index (κ1) is 13.4. The standard InChI is InChI=1S/C14H19N3O2/c1-16(2)12-6-3-5-11(9-12)14(19)17-8-4-7-15-13(18)10-17/h3,5-6,9H,4,7-8,10H2,1-2H3,(H,15,18). The van der Waals surface area contributed by atoms with Crippen molar-refractivity contribution in [2.24, 2.45) is 0 Å². The Bertz CT molecular complexity index is 485. The highest BCUT2D eigenvalue weighted by Gasteiger charge is 2.21. The van der Waals surface area contributed by atoms with Crippen molar-refractivity contribution in [1.82, 2.24) is 10.2 Å². The summed E-state index contributed by atoms with van der Waals surface area (Å²) in [5, 5.41) is 2.77. The number of nitrogens with zero attached hydrogens (tertiary/aromatic N) is 2. The van der Waals surface area contributed by atoms with Crippen LogP contribution in [0, 0.1) is 0 Å². The molecule has 1 heterocycles. The quantitative estimate of drug-likeness (QED) is 0.853. The lowest BCUT2D eigenvalue weighted by atomic mass is 10.1. The second-order valence-corrected chi connectivity index (χ2v) is 4.87. The number of nitrogens with one attached hydrogen (secondary N) is 1. The highest BCUT2D eigenvalue weighted by Crippen LogP contribution is 2.15. The number of carbonyl (C=O) groups is 2. The predicted octanol–water partition coefficient (Wildman–Crippen LogP) is 0.715. The van der Waals surface area contributed by atoms with Gasteiger partial charge in [0, 0.05) is 38.4 Å². The maximum atomic E-state index is 12.4. The fourth-order valence-corrected chi connectivity index (χ4v) is 2.08. The number of anilines is 1. The SMILES string of the molecule is CN(C)c1cccc(C(=O)N2CCCNC(=O)C2)c1. The number of hydrogen-bond acceptors (Lipinski definition) is 3. The van der Waals surface area contributed by atoms with Gasteiger partial charge in [0.2, 0.25) is 5.91 Å². The van der Waals surface area contributed by atoms with E-state index >= 15 is 0 Å². The zero-order valence-electron chi connectivity index (χ0n) is 11.3. The number of hydrogen-bond donors (Lipinski definition) is 1. The van der Waals surface area contributed by atoms with E-state index in [4.69, 9.17) is 0 Å². The first-order valence-corrected chi connectivity index (χ1v) is 6.41. The molecule has 19 heavy (non-hydrogen) atoms. The van der Waals surface area contributed by atoms with Crippen LogP contribution in [0.3, 0.4) is 0 Å². The topological polar surface area (TPSA) is 52.7 Å². The monoisotopic (exact) mass is 261 g/mol. The van der Waals surface area contributed by atoms with E-state index in [9.17, 15) is 9.59 Å². The minimum Gasteiger partial charge on any atom is -0.378 e. The lowest BCUT2D eigenvalue weighted by Crippen LogP contribution is -2.37. The summed E-state index contributed by atoms with van der Waals surface area (Å²) in [6.07, 6.45) is 0.796. The summed E-state index contributed by atoms with van der Waals surface area (Å²) in [6.45, 7) is 1.40. The molecule has 1 saturated heterocycles. The van der Waals surface area contributed by atoms with E-state index in [0.29, 0.717) is 18.7 Å². The summed E-state index contributed by atoms with van der Waals surface area (Å²) in [6, 6.07) is 7.45. The molecule has 5 nitrogen and oxygen atoms in total. The van der Waals surface area contributed by atoms with Crippen molar-refractivity contribution in [3.8, 4) is 0 Å². The van der Waals surface area contributed by atoms with Crippen LogP contribution < -0.4 is 10.2 Å². The Labute approximate surface area is 113 Å². The van der Waals surface area contributed by atoms with Gasteiger partial charge in [-0.05, 0) is 24.6 Å². The summed E-state index contributed by atoms with van der Waals surface area (Å²) in [4.78, 5) is 27.5. The molecule has 2 rings (SSSR count). The van der Waals surface area contributed by atoms with Crippen LogP contribution in [0.4, 0.5) is 5.69 Å². The van der Waals surface area contributed by atoms with Crippen molar-refractivity contribution in [2.45, 2.75) is 6.42 Å². The third kappa shape index (κ3) is 3.24. The zero-order valence-corrected chi connectivity index (χ0v) is 11.3. The van der Waals surface area contributed by atoms with Crippen molar-refractivity contribution < 1.29 is 9.59 Å². The smallest absolute Gasteiger partial charge is 0.254 e. The van der Waals surface area contributed by atoms with Gasteiger partial charge in [-0.1, -0.05) is 6.07 Å². The highest BCUT2D eigenvalue weighted by atomic mass is 16.2. The molecular weight excluding hydrogens is 242 g/mol. The van der Waals surface area contributed by atoms with Crippen molar-refractivity contribution in [2.75, 3.05) is 38.6 Å². The van der Waals surface area contributed by atoms with Gasteiger partial charge in [-0.15, -0.1) is 0 Å². The van der Waals surface area contributed by atoms with Crippen LogP contribution in [0.2, 0.25) is 0 Å². The predicted molar refractivity (Wildman–Crippen MR) is 74.3 cm³/mol. The lowest BCUT2D eigenvalue weighted by molar-refractivity contribution is -0.121. The largest absolute Gasteiger partial charge is 0.378 e. The van der Waals surface area contributed by atoms with E-state index in [2.05, 4.69) is 5.32 Å². The zero-order chi connectivity index (χ0) is 13.8. The first-order chi connectivity index (χ1) is 9.08. The molecule has 1 aliphatic heterocycles. The molecule has 0 aliphatic carbocycles. The molecule has 1 aromatic carbocycles. The van der Waals surface area contributed by atoms with Crippen LogP contribution in [0.1, 0.15) is 16.8 Å².